The van der Waals surface area contributed by atoms with Crippen LogP contribution in [0.1, 0.15) is 21.8 Å². The molecule has 2 aromatic heterocycles. The van der Waals surface area contributed by atoms with Crippen LogP contribution in [0.5, 0.6) is 0 Å². The van der Waals surface area contributed by atoms with Gasteiger partial charge in [-0.25, -0.2) is 0 Å². The van der Waals surface area contributed by atoms with Gasteiger partial charge in [0.2, 0.25) is 0 Å². The van der Waals surface area contributed by atoms with Crippen LogP contribution in [-0.4, -0.2) is 34.1 Å². The Labute approximate surface area is 129 Å². The highest BCUT2D eigenvalue weighted by Gasteiger charge is 2.10. The van der Waals surface area contributed by atoms with E-state index in [1.807, 2.05) is 36.2 Å². The number of hydrogen-bond acceptors (Lipinski definition) is 5. The third-order valence-electron chi connectivity index (χ3n) is 3.48. The molecule has 2 aromatic rings. The van der Waals surface area contributed by atoms with Gasteiger partial charge >= 0.3 is 0 Å². The lowest BCUT2D eigenvalue weighted by Gasteiger charge is -2.12. The second kappa shape index (κ2) is 7.70. The minimum absolute atomic E-state index is 0.343. The molecule has 1 unspecified atom stereocenters. The molecule has 2 rings (SSSR count). The zero-order valence-electron chi connectivity index (χ0n) is 12.8. The molecule has 21 heavy (non-hydrogen) atoms. The SMILES string of the molecule is Cc1nn(C)c(C)c1CNCC(O)COCc1cccs1. The lowest BCUT2D eigenvalue weighted by atomic mass is 10.2. The number of aryl methyl sites for hydroxylation is 2. The van der Waals surface area contributed by atoms with Crippen LogP contribution < -0.4 is 5.32 Å². The Bertz CT molecular complexity index is 552. The summed E-state index contributed by atoms with van der Waals surface area (Å²) in [4.78, 5) is 1.18. The summed E-state index contributed by atoms with van der Waals surface area (Å²) in [6.45, 7) is 6.19. The molecule has 2 N–H and O–H groups in total. The van der Waals surface area contributed by atoms with E-state index in [1.54, 1.807) is 11.3 Å². The summed E-state index contributed by atoms with van der Waals surface area (Å²) in [6, 6.07) is 4.03. The Morgan fingerprint density at radius 1 is 1.48 bits per heavy atom. The van der Waals surface area contributed by atoms with E-state index in [2.05, 4.69) is 17.3 Å². The Morgan fingerprint density at radius 2 is 2.29 bits per heavy atom. The number of aromatic nitrogens is 2. The van der Waals surface area contributed by atoms with Crippen molar-refractivity contribution in [3.8, 4) is 0 Å². The smallest absolute Gasteiger partial charge is 0.0897 e. The van der Waals surface area contributed by atoms with Crippen molar-refractivity contribution in [1.82, 2.24) is 15.1 Å². The predicted molar refractivity (Wildman–Crippen MR) is 84.4 cm³/mol. The lowest BCUT2D eigenvalue weighted by Crippen LogP contribution is -2.30. The van der Waals surface area contributed by atoms with Gasteiger partial charge in [0.15, 0.2) is 0 Å². The van der Waals surface area contributed by atoms with Crippen LogP contribution in [-0.2, 0) is 24.9 Å². The van der Waals surface area contributed by atoms with Gasteiger partial charge in [0, 0.05) is 36.3 Å². The number of rotatable bonds is 8. The van der Waals surface area contributed by atoms with Gasteiger partial charge in [-0.2, -0.15) is 5.10 Å². The van der Waals surface area contributed by atoms with E-state index >= 15 is 0 Å². The molecule has 6 heteroatoms. The topological polar surface area (TPSA) is 59.3 Å². The van der Waals surface area contributed by atoms with Gasteiger partial charge in [0.1, 0.15) is 0 Å². The third-order valence-corrected chi connectivity index (χ3v) is 4.33. The minimum Gasteiger partial charge on any atom is -0.389 e. The normalized spacial score (nSPS) is 12.8. The molecule has 2 heterocycles. The van der Waals surface area contributed by atoms with Crippen LogP contribution in [0, 0.1) is 13.8 Å². The van der Waals surface area contributed by atoms with Gasteiger partial charge in [0.25, 0.3) is 0 Å². The fourth-order valence-electron chi connectivity index (χ4n) is 2.19. The summed E-state index contributed by atoms with van der Waals surface area (Å²) in [7, 11) is 1.94. The average Bonchev–Trinajstić information content (AvgIpc) is 3.03. The molecule has 0 amide bonds. The van der Waals surface area contributed by atoms with Gasteiger partial charge in [-0.1, -0.05) is 6.07 Å². The summed E-state index contributed by atoms with van der Waals surface area (Å²) < 4.78 is 7.38. The molecule has 0 fully saturated rings. The van der Waals surface area contributed by atoms with E-state index in [0.29, 0.717) is 26.3 Å². The largest absolute Gasteiger partial charge is 0.389 e. The first kappa shape index (κ1) is 16.2. The molecule has 0 bridgehead atoms. The van der Waals surface area contributed by atoms with Gasteiger partial charge in [-0.3, -0.25) is 4.68 Å². The molecule has 0 aliphatic heterocycles. The van der Waals surface area contributed by atoms with E-state index in [0.717, 1.165) is 11.4 Å². The van der Waals surface area contributed by atoms with E-state index in [1.165, 1.54) is 10.4 Å². The van der Waals surface area contributed by atoms with E-state index in [9.17, 15) is 5.11 Å². The van der Waals surface area contributed by atoms with Crippen molar-refractivity contribution in [3.05, 3.63) is 39.3 Å². The zero-order chi connectivity index (χ0) is 15.2. The van der Waals surface area contributed by atoms with E-state index in [4.69, 9.17) is 4.74 Å². The van der Waals surface area contributed by atoms with Crippen LogP contribution in [0.15, 0.2) is 17.5 Å². The van der Waals surface area contributed by atoms with E-state index in [-0.39, 0.29) is 0 Å². The Balaban J connectivity index is 1.66. The molecular formula is C15H23N3O2S. The fourth-order valence-corrected chi connectivity index (χ4v) is 2.83. The summed E-state index contributed by atoms with van der Waals surface area (Å²) in [6.07, 6.45) is -0.498. The highest BCUT2D eigenvalue weighted by Crippen LogP contribution is 2.11. The monoisotopic (exact) mass is 309 g/mol. The van der Waals surface area contributed by atoms with Crippen molar-refractivity contribution < 1.29 is 9.84 Å². The highest BCUT2D eigenvalue weighted by atomic mass is 32.1. The van der Waals surface area contributed by atoms with Gasteiger partial charge in [0.05, 0.1) is 25.0 Å². The molecule has 0 spiro atoms. The summed E-state index contributed by atoms with van der Waals surface area (Å²) in [5.41, 5.74) is 3.39. The first-order valence-corrected chi connectivity index (χ1v) is 7.94. The van der Waals surface area contributed by atoms with Crippen molar-refractivity contribution in [2.75, 3.05) is 13.2 Å². The standard InChI is InChI=1S/C15H23N3O2S/c1-11-15(12(2)18(3)17-11)8-16-7-13(19)9-20-10-14-5-4-6-21-14/h4-6,13,16,19H,7-10H2,1-3H3. The minimum atomic E-state index is -0.498. The molecule has 116 valence electrons. The first-order chi connectivity index (χ1) is 10.1. The van der Waals surface area contributed by atoms with Gasteiger partial charge in [-0.05, 0) is 25.3 Å². The predicted octanol–water partition coefficient (Wildman–Crippen LogP) is 1.77. The average molecular weight is 309 g/mol. The summed E-state index contributed by atoms with van der Waals surface area (Å²) in [5, 5.41) is 19.6. The maximum Gasteiger partial charge on any atom is 0.0897 e. The number of ether oxygens (including phenoxy) is 1. The molecular weight excluding hydrogens is 286 g/mol. The van der Waals surface area contributed by atoms with Crippen molar-refractivity contribution in [2.45, 2.75) is 33.1 Å². The number of hydrogen-bond donors (Lipinski definition) is 2. The van der Waals surface area contributed by atoms with Crippen LogP contribution >= 0.6 is 11.3 Å². The Morgan fingerprint density at radius 3 is 2.90 bits per heavy atom. The quantitative estimate of drug-likeness (QED) is 0.780. The molecule has 1 atom stereocenters. The van der Waals surface area contributed by atoms with Crippen molar-refractivity contribution in [3.63, 3.8) is 0 Å². The van der Waals surface area contributed by atoms with Crippen LogP contribution in [0.3, 0.4) is 0 Å². The van der Waals surface area contributed by atoms with Gasteiger partial charge in [-0.15, -0.1) is 11.3 Å². The summed E-state index contributed by atoms with van der Waals surface area (Å²) in [5.74, 6) is 0. The van der Waals surface area contributed by atoms with Crippen LogP contribution in [0.4, 0.5) is 0 Å². The molecule has 0 aromatic carbocycles. The van der Waals surface area contributed by atoms with E-state index < -0.39 is 6.10 Å². The van der Waals surface area contributed by atoms with Crippen molar-refractivity contribution in [1.29, 1.82) is 0 Å². The number of thiophene rings is 1. The molecule has 0 radical (unpaired) electrons. The second-order valence-corrected chi connectivity index (χ2v) is 6.18. The second-order valence-electron chi connectivity index (χ2n) is 5.15. The molecule has 5 nitrogen and oxygen atoms in total. The fraction of sp³-hybridized carbons (Fsp3) is 0.533. The molecule has 0 saturated carbocycles. The number of nitrogens with zero attached hydrogens (tertiary/aromatic N) is 2. The maximum absolute atomic E-state index is 9.89. The van der Waals surface area contributed by atoms with Crippen LogP contribution in [0.25, 0.3) is 0 Å². The number of aliphatic hydroxyl groups is 1. The maximum atomic E-state index is 9.89. The number of aliphatic hydroxyl groups excluding tert-OH is 1. The lowest BCUT2D eigenvalue weighted by molar-refractivity contribution is 0.0297. The summed E-state index contributed by atoms with van der Waals surface area (Å²) >= 11 is 1.66. The van der Waals surface area contributed by atoms with Crippen molar-refractivity contribution >= 4 is 11.3 Å². The Kier molecular flexibility index (Phi) is 5.93. The van der Waals surface area contributed by atoms with Gasteiger partial charge < -0.3 is 15.2 Å². The van der Waals surface area contributed by atoms with Crippen molar-refractivity contribution in [2.24, 2.45) is 7.05 Å². The highest BCUT2D eigenvalue weighted by molar-refractivity contribution is 7.09. The molecule has 0 aliphatic rings. The molecule has 0 aliphatic carbocycles. The Hall–Kier alpha value is -1.21. The van der Waals surface area contributed by atoms with Crippen LogP contribution in [0.2, 0.25) is 0 Å². The third kappa shape index (κ3) is 4.64. The first-order valence-electron chi connectivity index (χ1n) is 7.06. The zero-order valence-corrected chi connectivity index (χ0v) is 13.6. The molecule has 0 saturated heterocycles. The number of nitrogens with one attached hydrogen (secondary N) is 1.